The predicted molar refractivity (Wildman–Crippen MR) is 64.6 cm³/mol. The Morgan fingerprint density at radius 2 is 1.77 bits per heavy atom. The minimum absolute atomic E-state index is 0.441. The maximum Gasteiger partial charge on any atom is 0.00750 e. The van der Waals surface area contributed by atoms with Gasteiger partial charge in [-0.25, -0.2) is 0 Å². The van der Waals surface area contributed by atoms with Gasteiger partial charge in [0, 0.05) is 4.75 Å². The second kappa shape index (κ2) is 7.69. The van der Waals surface area contributed by atoms with Crippen molar-refractivity contribution >= 4 is 11.8 Å². The van der Waals surface area contributed by atoms with Crippen molar-refractivity contribution in [3.8, 4) is 0 Å². The summed E-state index contributed by atoms with van der Waals surface area (Å²) < 4.78 is 0.441. The Labute approximate surface area is 88.1 Å². The summed E-state index contributed by atoms with van der Waals surface area (Å²) in [5.41, 5.74) is 0. The van der Waals surface area contributed by atoms with Crippen molar-refractivity contribution < 1.29 is 0 Å². The summed E-state index contributed by atoms with van der Waals surface area (Å²) in [7, 11) is 0. The Morgan fingerprint density at radius 3 is 2.31 bits per heavy atom. The third kappa shape index (κ3) is 12.3. The maximum atomic E-state index is 3.42. The molecule has 2 heteroatoms. The average Bonchev–Trinajstić information content (AvgIpc) is 2.01. The first kappa shape index (κ1) is 13.3. The SMILES string of the molecule is CCCNCCCCSC(C)(C)C. The van der Waals surface area contributed by atoms with Crippen molar-refractivity contribution in [2.24, 2.45) is 0 Å². The predicted octanol–water partition coefficient (Wildman–Crippen LogP) is 3.30. The molecule has 1 N–H and O–H groups in total. The molecule has 0 saturated heterocycles. The van der Waals surface area contributed by atoms with Crippen molar-refractivity contribution in [2.75, 3.05) is 18.8 Å². The van der Waals surface area contributed by atoms with Gasteiger partial charge in [0.05, 0.1) is 0 Å². The molecule has 0 aromatic heterocycles. The van der Waals surface area contributed by atoms with Crippen LogP contribution in [-0.4, -0.2) is 23.6 Å². The molecule has 0 spiro atoms. The first-order valence-corrected chi connectivity index (χ1v) is 6.39. The molecule has 80 valence electrons. The summed E-state index contributed by atoms with van der Waals surface area (Å²) >= 11 is 2.07. The lowest BCUT2D eigenvalue weighted by molar-refractivity contribution is 0.634. The van der Waals surface area contributed by atoms with Gasteiger partial charge in [-0.2, -0.15) is 11.8 Å². The summed E-state index contributed by atoms with van der Waals surface area (Å²) in [6.45, 7) is 11.4. The zero-order valence-electron chi connectivity index (χ0n) is 9.65. The van der Waals surface area contributed by atoms with E-state index in [0.29, 0.717) is 4.75 Å². The molecule has 13 heavy (non-hydrogen) atoms. The zero-order chi connectivity index (χ0) is 10.2. The fraction of sp³-hybridized carbons (Fsp3) is 1.00. The third-order valence-electron chi connectivity index (χ3n) is 1.71. The summed E-state index contributed by atoms with van der Waals surface area (Å²) in [6.07, 6.45) is 3.92. The molecule has 0 radical (unpaired) electrons. The fourth-order valence-corrected chi connectivity index (χ4v) is 1.99. The molecule has 0 fully saturated rings. The Kier molecular flexibility index (Phi) is 7.87. The van der Waals surface area contributed by atoms with E-state index in [1.165, 1.54) is 38.1 Å². The molecule has 1 nitrogen and oxygen atoms in total. The van der Waals surface area contributed by atoms with E-state index in [9.17, 15) is 0 Å². The summed E-state index contributed by atoms with van der Waals surface area (Å²) in [5, 5.41) is 3.42. The summed E-state index contributed by atoms with van der Waals surface area (Å²) in [6, 6.07) is 0. The van der Waals surface area contributed by atoms with Crippen LogP contribution in [0.25, 0.3) is 0 Å². The number of nitrogens with one attached hydrogen (secondary N) is 1. The molecule has 0 heterocycles. The summed E-state index contributed by atoms with van der Waals surface area (Å²) in [5.74, 6) is 1.30. The van der Waals surface area contributed by atoms with E-state index in [1.807, 2.05) is 0 Å². The largest absolute Gasteiger partial charge is 0.317 e. The van der Waals surface area contributed by atoms with E-state index in [1.54, 1.807) is 0 Å². The van der Waals surface area contributed by atoms with Crippen LogP contribution in [0.4, 0.5) is 0 Å². The molecule has 0 aromatic rings. The van der Waals surface area contributed by atoms with Crippen LogP contribution < -0.4 is 5.32 Å². The lowest BCUT2D eigenvalue weighted by Gasteiger charge is -2.17. The highest BCUT2D eigenvalue weighted by molar-refractivity contribution is 8.00. The molecule has 0 saturated carbocycles. The normalized spacial score (nSPS) is 12.0. The maximum absolute atomic E-state index is 3.42. The molecule has 0 aliphatic heterocycles. The molecule has 0 amide bonds. The highest BCUT2D eigenvalue weighted by Gasteiger charge is 2.08. The standard InChI is InChI=1S/C11H25NS/c1-5-8-12-9-6-7-10-13-11(2,3)4/h12H,5-10H2,1-4H3. The van der Waals surface area contributed by atoms with Crippen LogP contribution in [0.1, 0.15) is 47.0 Å². The van der Waals surface area contributed by atoms with E-state index in [-0.39, 0.29) is 0 Å². The highest BCUT2D eigenvalue weighted by atomic mass is 32.2. The van der Waals surface area contributed by atoms with E-state index in [0.717, 1.165) is 0 Å². The topological polar surface area (TPSA) is 12.0 Å². The number of hydrogen-bond donors (Lipinski definition) is 1. The number of thioether (sulfide) groups is 1. The van der Waals surface area contributed by atoms with Crippen molar-refractivity contribution in [3.63, 3.8) is 0 Å². The first-order chi connectivity index (χ1) is 6.06. The molecular formula is C11H25NS. The number of rotatable bonds is 7. The first-order valence-electron chi connectivity index (χ1n) is 5.41. The molecule has 0 aromatic carbocycles. The van der Waals surface area contributed by atoms with Gasteiger partial charge in [-0.05, 0) is 38.1 Å². The zero-order valence-corrected chi connectivity index (χ0v) is 10.5. The van der Waals surface area contributed by atoms with Crippen molar-refractivity contribution in [3.05, 3.63) is 0 Å². The van der Waals surface area contributed by atoms with E-state index in [2.05, 4.69) is 44.8 Å². The van der Waals surface area contributed by atoms with Crippen LogP contribution >= 0.6 is 11.8 Å². The Balaban J connectivity index is 3.00. The van der Waals surface area contributed by atoms with Crippen LogP contribution in [-0.2, 0) is 0 Å². The van der Waals surface area contributed by atoms with Crippen LogP contribution in [0.3, 0.4) is 0 Å². The van der Waals surface area contributed by atoms with Crippen molar-refractivity contribution in [1.82, 2.24) is 5.32 Å². The Bertz CT molecular complexity index is 107. The molecule has 0 bridgehead atoms. The lowest BCUT2D eigenvalue weighted by atomic mass is 10.3. The fourth-order valence-electron chi connectivity index (χ4n) is 1.03. The van der Waals surface area contributed by atoms with Gasteiger partial charge >= 0.3 is 0 Å². The van der Waals surface area contributed by atoms with Crippen LogP contribution in [0, 0.1) is 0 Å². The van der Waals surface area contributed by atoms with Gasteiger partial charge in [0.25, 0.3) is 0 Å². The van der Waals surface area contributed by atoms with Crippen LogP contribution in [0.15, 0.2) is 0 Å². The van der Waals surface area contributed by atoms with Gasteiger partial charge in [-0.1, -0.05) is 27.7 Å². The third-order valence-corrected chi connectivity index (χ3v) is 3.07. The van der Waals surface area contributed by atoms with Gasteiger partial charge in [0.2, 0.25) is 0 Å². The number of unbranched alkanes of at least 4 members (excludes halogenated alkanes) is 1. The van der Waals surface area contributed by atoms with E-state index >= 15 is 0 Å². The second-order valence-corrected chi connectivity index (χ2v) is 6.34. The minimum atomic E-state index is 0.441. The Morgan fingerprint density at radius 1 is 1.08 bits per heavy atom. The van der Waals surface area contributed by atoms with Crippen molar-refractivity contribution in [1.29, 1.82) is 0 Å². The monoisotopic (exact) mass is 203 g/mol. The highest BCUT2D eigenvalue weighted by Crippen LogP contribution is 2.23. The smallest absolute Gasteiger partial charge is 0.00750 e. The van der Waals surface area contributed by atoms with Crippen LogP contribution in [0.5, 0.6) is 0 Å². The number of hydrogen-bond acceptors (Lipinski definition) is 2. The van der Waals surface area contributed by atoms with Gasteiger partial charge in [-0.3, -0.25) is 0 Å². The van der Waals surface area contributed by atoms with Gasteiger partial charge in [-0.15, -0.1) is 0 Å². The minimum Gasteiger partial charge on any atom is -0.317 e. The van der Waals surface area contributed by atoms with Gasteiger partial charge in [0.1, 0.15) is 0 Å². The second-order valence-electron chi connectivity index (χ2n) is 4.42. The summed E-state index contributed by atoms with van der Waals surface area (Å²) in [4.78, 5) is 0. The van der Waals surface area contributed by atoms with Gasteiger partial charge in [0.15, 0.2) is 0 Å². The van der Waals surface area contributed by atoms with Crippen LogP contribution in [0.2, 0.25) is 0 Å². The van der Waals surface area contributed by atoms with Gasteiger partial charge < -0.3 is 5.32 Å². The average molecular weight is 203 g/mol. The molecule has 0 rings (SSSR count). The quantitative estimate of drug-likeness (QED) is 0.637. The molecule has 0 unspecified atom stereocenters. The molecule has 0 aliphatic rings. The Hall–Kier alpha value is 0.310. The van der Waals surface area contributed by atoms with Crippen molar-refractivity contribution in [2.45, 2.75) is 51.7 Å². The molecule has 0 aliphatic carbocycles. The van der Waals surface area contributed by atoms with E-state index in [4.69, 9.17) is 0 Å². The van der Waals surface area contributed by atoms with E-state index < -0.39 is 0 Å². The lowest BCUT2D eigenvalue weighted by Crippen LogP contribution is -2.16. The molecule has 0 atom stereocenters. The molecular weight excluding hydrogens is 178 g/mol.